The van der Waals surface area contributed by atoms with E-state index in [1.807, 2.05) is 0 Å². The minimum atomic E-state index is -4.74. The molecule has 3 aromatic rings. The van der Waals surface area contributed by atoms with Crippen molar-refractivity contribution in [2.75, 3.05) is 0 Å². The second-order valence-electron chi connectivity index (χ2n) is 7.45. The van der Waals surface area contributed by atoms with Crippen LogP contribution in [0.15, 0.2) is 77.6 Å². The van der Waals surface area contributed by atoms with Crippen LogP contribution >= 0.6 is 0 Å². The van der Waals surface area contributed by atoms with E-state index in [9.17, 15) is 22.0 Å². The summed E-state index contributed by atoms with van der Waals surface area (Å²) in [4.78, 5) is 4.48. The third kappa shape index (κ3) is 4.09. The summed E-state index contributed by atoms with van der Waals surface area (Å²) < 4.78 is 74.3. The predicted molar refractivity (Wildman–Crippen MR) is 110 cm³/mol. The van der Waals surface area contributed by atoms with Gasteiger partial charge in [0.25, 0.3) is 0 Å². The first-order valence-corrected chi connectivity index (χ1v) is 9.82. The molecule has 0 amide bonds. The Kier molecular flexibility index (Phi) is 4.96. The molecule has 0 saturated heterocycles. The van der Waals surface area contributed by atoms with Crippen LogP contribution < -0.4 is 0 Å². The van der Waals surface area contributed by atoms with Crippen LogP contribution in [-0.4, -0.2) is 14.7 Å². The molecule has 4 nitrogen and oxygen atoms in total. The van der Waals surface area contributed by atoms with Gasteiger partial charge in [-0.25, -0.2) is 13.8 Å². The van der Waals surface area contributed by atoms with Crippen molar-refractivity contribution in [3.8, 4) is 33.8 Å². The molecular formula is C24H14F5N3O. The highest BCUT2D eigenvalue weighted by Gasteiger charge is 2.35. The zero-order valence-corrected chi connectivity index (χ0v) is 16.8. The first-order valence-electron chi connectivity index (χ1n) is 9.82. The normalized spacial score (nSPS) is 11.9. The number of halogens is 5. The smallest absolute Gasteiger partial charge is 0.359 e. The third-order valence-corrected chi connectivity index (χ3v) is 5.17. The highest BCUT2D eigenvalue weighted by molar-refractivity contribution is 5.73. The molecule has 1 aromatic heterocycles. The molecule has 0 fully saturated rings. The first kappa shape index (κ1) is 20.9. The Balaban J connectivity index is 1.43. The third-order valence-electron chi connectivity index (χ3n) is 5.17. The fourth-order valence-electron chi connectivity index (χ4n) is 3.63. The summed E-state index contributed by atoms with van der Waals surface area (Å²) >= 11 is 0. The van der Waals surface area contributed by atoms with Crippen molar-refractivity contribution in [1.82, 2.24) is 14.7 Å². The van der Waals surface area contributed by atoms with E-state index < -0.39 is 17.6 Å². The van der Waals surface area contributed by atoms with Gasteiger partial charge in [0.15, 0.2) is 5.76 Å². The van der Waals surface area contributed by atoms with Crippen molar-refractivity contribution >= 4 is 0 Å². The average Bonchev–Trinajstić information content (AvgIpc) is 3.40. The van der Waals surface area contributed by atoms with Crippen LogP contribution in [0.25, 0.3) is 33.8 Å². The van der Waals surface area contributed by atoms with Crippen LogP contribution in [0, 0.1) is 11.6 Å². The molecule has 0 N–H and O–H groups in total. The van der Waals surface area contributed by atoms with Crippen molar-refractivity contribution in [3.05, 3.63) is 96.0 Å². The Morgan fingerprint density at radius 2 is 1.67 bits per heavy atom. The van der Waals surface area contributed by atoms with E-state index >= 15 is 0 Å². The molecule has 0 bridgehead atoms. The number of benzene rings is 2. The van der Waals surface area contributed by atoms with E-state index in [0.29, 0.717) is 28.8 Å². The standard InChI is InChI=1S/C24H14F5N3O/c25-15-5-6-17(19(10-15)24(27,28)29)22-11-16(33-31-22)12-32-8-7-14-9-21(30-23(14)13-32)18-3-1-2-4-20(18)26/h1-11,13H,12H2. The van der Waals surface area contributed by atoms with Gasteiger partial charge >= 0.3 is 6.18 Å². The van der Waals surface area contributed by atoms with Gasteiger partial charge in [-0.2, -0.15) is 13.2 Å². The summed E-state index contributed by atoms with van der Waals surface area (Å²) in [6.07, 6.45) is -1.27. The second-order valence-corrected chi connectivity index (χ2v) is 7.45. The van der Waals surface area contributed by atoms with E-state index in [1.54, 1.807) is 47.3 Å². The van der Waals surface area contributed by atoms with E-state index in [2.05, 4.69) is 10.1 Å². The summed E-state index contributed by atoms with van der Waals surface area (Å²) in [6, 6.07) is 13.7. The van der Waals surface area contributed by atoms with Crippen LogP contribution in [0.3, 0.4) is 0 Å². The molecule has 0 atom stereocenters. The molecule has 33 heavy (non-hydrogen) atoms. The van der Waals surface area contributed by atoms with Crippen LogP contribution in [-0.2, 0) is 12.7 Å². The molecule has 2 aliphatic rings. The minimum Gasteiger partial charge on any atom is -0.359 e. The Morgan fingerprint density at radius 3 is 2.45 bits per heavy atom. The number of hydrogen-bond acceptors (Lipinski definition) is 3. The van der Waals surface area contributed by atoms with E-state index in [4.69, 9.17) is 4.52 Å². The SMILES string of the molecule is Fc1ccc(-c2cc(Cn3ccc4cc(-c5ccccc5F)nc-4c3)on2)c(C(F)(F)F)c1. The van der Waals surface area contributed by atoms with Gasteiger partial charge < -0.3 is 9.09 Å². The zero-order chi connectivity index (χ0) is 23.2. The molecule has 2 aromatic carbocycles. The van der Waals surface area contributed by atoms with Crippen molar-refractivity contribution in [2.45, 2.75) is 12.7 Å². The maximum absolute atomic E-state index is 14.1. The van der Waals surface area contributed by atoms with Gasteiger partial charge in [-0.05, 0) is 42.5 Å². The van der Waals surface area contributed by atoms with Crippen LogP contribution in [0.4, 0.5) is 22.0 Å². The Morgan fingerprint density at radius 1 is 0.848 bits per heavy atom. The number of nitrogens with zero attached hydrogens (tertiary/aromatic N) is 3. The molecule has 0 unspecified atom stereocenters. The van der Waals surface area contributed by atoms with E-state index in [0.717, 1.165) is 17.7 Å². The lowest BCUT2D eigenvalue weighted by molar-refractivity contribution is -0.137. The molecule has 0 saturated carbocycles. The minimum absolute atomic E-state index is 0.0488. The molecule has 0 aliphatic carbocycles. The van der Waals surface area contributed by atoms with Gasteiger partial charge in [-0.1, -0.05) is 17.3 Å². The molecule has 2 aliphatic heterocycles. The Bertz CT molecular complexity index is 1420. The van der Waals surface area contributed by atoms with Gasteiger partial charge in [0.1, 0.15) is 17.3 Å². The van der Waals surface area contributed by atoms with Crippen LogP contribution in [0.5, 0.6) is 0 Å². The number of alkyl halides is 3. The van der Waals surface area contributed by atoms with Crippen molar-refractivity contribution in [2.24, 2.45) is 0 Å². The monoisotopic (exact) mass is 455 g/mol. The fraction of sp³-hybridized carbons (Fsp3) is 0.0833. The number of hydrogen-bond donors (Lipinski definition) is 0. The molecule has 166 valence electrons. The van der Waals surface area contributed by atoms with Gasteiger partial charge in [0.05, 0.1) is 23.5 Å². The maximum Gasteiger partial charge on any atom is 0.417 e. The summed E-state index contributed by atoms with van der Waals surface area (Å²) in [7, 11) is 0. The van der Waals surface area contributed by atoms with Gasteiger partial charge in [0, 0.05) is 35.2 Å². The van der Waals surface area contributed by atoms with Crippen LogP contribution in [0.1, 0.15) is 11.3 Å². The predicted octanol–water partition coefficient (Wildman–Crippen LogP) is 6.66. The lowest BCUT2D eigenvalue weighted by Gasteiger charge is -2.10. The molecule has 0 spiro atoms. The lowest BCUT2D eigenvalue weighted by Crippen LogP contribution is -2.07. The van der Waals surface area contributed by atoms with Gasteiger partial charge in [-0.15, -0.1) is 0 Å². The Hall–Kier alpha value is -4.01. The number of aromatic nitrogens is 3. The molecule has 9 heteroatoms. The lowest BCUT2D eigenvalue weighted by atomic mass is 10.0. The summed E-state index contributed by atoms with van der Waals surface area (Å²) in [5.74, 6) is -1.07. The summed E-state index contributed by atoms with van der Waals surface area (Å²) in [5.41, 5.74) is 0.868. The molecule has 0 radical (unpaired) electrons. The summed E-state index contributed by atoms with van der Waals surface area (Å²) in [5, 5.41) is 3.73. The second kappa shape index (κ2) is 7.84. The zero-order valence-electron chi connectivity index (χ0n) is 16.8. The van der Waals surface area contributed by atoms with E-state index in [1.165, 1.54) is 12.1 Å². The van der Waals surface area contributed by atoms with Crippen molar-refractivity contribution in [3.63, 3.8) is 0 Å². The number of fused-ring (bicyclic) bond motifs is 1. The average molecular weight is 455 g/mol. The highest BCUT2D eigenvalue weighted by Crippen LogP contribution is 2.37. The quantitative estimate of drug-likeness (QED) is 0.285. The Labute approximate surface area is 184 Å². The van der Waals surface area contributed by atoms with Crippen LogP contribution in [0.2, 0.25) is 0 Å². The van der Waals surface area contributed by atoms with Crippen molar-refractivity contribution < 1.29 is 26.5 Å². The maximum atomic E-state index is 14.1. The fourth-order valence-corrected chi connectivity index (χ4v) is 3.63. The van der Waals surface area contributed by atoms with Crippen molar-refractivity contribution in [1.29, 1.82) is 0 Å². The highest BCUT2D eigenvalue weighted by atomic mass is 19.4. The summed E-state index contributed by atoms with van der Waals surface area (Å²) in [6.45, 7) is 0.174. The van der Waals surface area contributed by atoms with Gasteiger partial charge in [-0.3, -0.25) is 0 Å². The number of pyridine rings is 1. The van der Waals surface area contributed by atoms with Gasteiger partial charge in [0.2, 0.25) is 0 Å². The largest absolute Gasteiger partial charge is 0.417 e. The molecule has 3 heterocycles. The molecular weight excluding hydrogens is 441 g/mol. The number of rotatable bonds is 4. The topological polar surface area (TPSA) is 43.9 Å². The first-order chi connectivity index (χ1) is 15.8. The van der Waals surface area contributed by atoms with E-state index in [-0.39, 0.29) is 23.6 Å². The molecule has 5 rings (SSSR count).